The molecule has 0 aromatic heterocycles. The van der Waals surface area contributed by atoms with Gasteiger partial charge in [-0.2, -0.15) is 4.31 Å². The van der Waals surface area contributed by atoms with E-state index in [1.54, 1.807) is 24.3 Å². The molecule has 2 aromatic rings. The third-order valence-corrected chi connectivity index (χ3v) is 7.54. The number of hydrogen-bond acceptors (Lipinski definition) is 4. The second-order valence-electron chi connectivity index (χ2n) is 7.37. The van der Waals surface area contributed by atoms with Crippen molar-refractivity contribution in [2.24, 2.45) is 5.92 Å². The van der Waals surface area contributed by atoms with Crippen molar-refractivity contribution in [1.29, 1.82) is 0 Å². The Labute approximate surface area is 183 Å². The van der Waals surface area contributed by atoms with Gasteiger partial charge in [-0.05, 0) is 67.6 Å². The Balaban J connectivity index is 1.43. The third kappa shape index (κ3) is 5.74. The lowest BCUT2D eigenvalue weighted by Gasteiger charge is -2.30. The first-order valence-corrected chi connectivity index (χ1v) is 11.9. The van der Waals surface area contributed by atoms with E-state index in [-0.39, 0.29) is 16.7 Å². The molecule has 0 spiro atoms. The van der Waals surface area contributed by atoms with Crippen LogP contribution in [0.15, 0.2) is 53.4 Å². The van der Waals surface area contributed by atoms with Crippen LogP contribution < -0.4 is 10.1 Å². The SMILES string of the molecule is COc1ccc(S(=O)(=O)N2CCC(C(=O)NCCCc3ccc(Cl)cc3)CC2)cc1. The number of rotatable bonds is 8. The monoisotopic (exact) mass is 450 g/mol. The summed E-state index contributed by atoms with van der Waals surface area (Å²) >= 11 is 5.88. The van der Waals surface area contributed by atoms with Gasteiger partial charge in [0.25, 0.3) is 0 Å². The molecule has 0 saturated carbocycles. The Morgan fingerprint density at radius 1 is 1.10 bits per heavy atom. The van der Waals surface area contributed by atoms with Gasteiger partial charge < -0.3 is 10.1 Å². The van der Waals surface area contributed by atoms with Crippen molar-refractivity contribution in [3.8, 4) is 5.75 Å². The molecule has 3 rings (SSSR count). The largest absolute Gasteiger partial charge is 0.497 e. The standard InChI is InChI=1S/C22H27ClN2O4S/c1-29-20-8-10-21(11-9-20)30(27,28)25-15-12-18(13-16-25)22(26)24-14-2-3-17-4-6-19(23)7-5-17/h4-11,18H,2-3,12-16H2,1H3,(H,24,26). The smallest absolute Gasteiger partial charge is 0.243 e. The fourth-order valence-electron chi connectivity index (χ4n) is 3.55. The highest BCUT2D eigenvalue weighted by atomic mass is 35.5. The Bertz CT molecular complexity index is 938. The molecule has 0 bridgehead atoms. The fourth-order valence-corrected chi connectivity index (χ4v) is 5.15. The molecule has 0 unspecified atom stereocenters. The number of amides is 1. The number of carbonyl (C=O) groups is 1. The molecule has 0 radical (unpaired) electrons. The summed E-state index contributed by atoms with van der Waals surface area (Å²) in [6, 6.07) is 14.1. The van der Waals surface area contributed by atoms with Crippen LogP contribution in [-0.4, -0.2) is 45.4 Å². The molecule has 6 nitrogen and oxygen atoms in total. The molecule has 0 atom stereocenters. The number of nitrogens with zero attached hydrogens (tertiary/aromatic N) is 1. The number of nitrogens with one attached hydrogen (secondary N) is 1. The summed E-state index contributed by atoms with van der Waals surface area (Å²) in [6.45, 7) is 1.29. The number of carbonyl (C=O) groups excluding carboxylic acids is 1. The summed E-state index contributed by atoms with van der Waals surface area (Å²) in [5.41, 5.74) is 1.19. The Morgan fingerprint density at radius 3 is 2.33 bits per heavy atom. The van der Waals surface area contributed by atoms with E-state index in [0.29, 0.717) is 43.2 Å². The quantitative estimate of drug-likeness (QED) is 0.624. The lowest BCUT2D eigenvalue weighted by atomic mass is 9.97. The van der Waals surface area contributed by atoms with Gasteiger partial charge in [0.15, 0.2) is 0 Å². The molecule has 1 saturated heterocycles. The molecule has 30 heavy (non-hydrogen) atoms. The number of piperidine rings is 1. The summed E-state index contributed by atoms with van der Waals surface area (Å²) < 4.78 is 32.1. The predicted octanol–water partition coefficient (Wildman–Crippen LogP) is 3.50. The zero-order valence-electron chi connectivity index (χ0n) is 17.0. The lowest BCUT2D eigenvalue weighted by Crippen LogP contribution is -2.43. The zero-order valence-corrected chi connectivity index (χ0v) is 18.6. The second kappa shape index (κ2) is 10.3. The van der Waals surface area contributed by atoms with Gasteiger partial charge in [0.2, 0.25) is 15.9 Å². The molecule has 2 aromatic carbocycles. The van der Waals surface area contributed by atoms with Crippen LogP contribution >= 0.6 is 11.6 Å². The van der Waals surface area contributed by atoms with Gasteiger partial charge in [0.05, 0.1) is 12.0 Å². The molecule has 1 aliphatic heterocycles. The number of methoxy groups -OCH3 is 1. The van der Waals surface area contributed by atoms with E-state index in [9.17, 15) is 13.2 Å². The first-order chi connectivity index (χ1) is 14.4. The van der Waals surface area contributed by atoms with Crippen molar-refractivity contribution < 1.29 is 17.9 Å². The minimum absolute atomic E-state index is 0.00704. The van der Waals surface area contributed by atoms with E-state index in [4.69, 9.17) is 16.3 Å². The number of ether oxygens (including phenoxy) is 1. The third-order valence-electron chi connectivity index (χ3n) is 5.38. The molecular formula is C22H27ClN2O4S. The summed E-state index contributed by atoms with van der Waals surface area (Å²) in [5, 5.41) is 3.70. The van der Waals surface area contributed by atoms with Crippen molar-refractivity contribution in [2.45, 2.75) is 30.6 Å². The number of hydrogen-bond donors (Lipinski definition) is 1. The van der Waals surface area contributed by atoms with Crippen LogP contribution in [0.3, 0.4) is 0 Å². The molecule has 1 aliphatic rings. The van der Waals surface area contributed by atoms with Crippen LogP contribution in [0, 0.1) is 5.92 Å². The molecule has 1 N–H and O–H groups in total. The summed E-state index contributed by atoms with van der Waals surface area (Å²) in [6.07, 6.45) is 2.77. The van der Waals surface area contributed by atoms with E-state index < -0.39 is 10.0 Å². The first-order valence-electron chi connectivity index (χ1n) is 10.1. The first kappa shape index (κ1) is 22.6. The Hall–Kier alpha value is -2.09. The highest BCUT2D eigenvalue weighted by Gasteiger charge is 2.31. The van der Waals surface area contributed by atoms with Gasteiger partial charge in [0.1, 0.15) is 5.75 Å². The number of benzene rings is 2. The Morgan fingerprint density at radius 2 is 1.73 bits per heavy atom. The van der Waals surface area contributed by atoms with Gasteiger partial charge in [-0.1, -0.05) is 23.7 Å². The molecule has 0 aliphatic carbocycles. The van der Waals surface area contributed by atoms with Gasteiger partial charge >= 0.3 is 0 Å². The highest BCUT2D eigenvalue weighted by molar-refractivity contribution is 7.89. The van der Waals surface area contributed by atoms with E-state index in [1.165, 1.54) is 17.0 Å². The lowest BCUT2D eigenvalue weighted by molar-refractivity contribution is -0.126. The molecular weight excluding hydrogens is 424 g/mol. The summed E-state index contributed by atoms with van der Waals surface area (Å²) in [5.74, 6) is 0.468. The van der Waals surface area contributed by atoms with Gasteiger partial charge in [0, 0.05) is 30.6 Å². The summed E-state index contributed by atoms with van der Waals surface area (Å²) in [7, 11) is -2.02. The number of aryl methyl sites for hydroxylation is 1. The topological polar surface area (TPSA) is 75.7 Å². The molecule has 1 fully saturated rings. The van der Waals surface area contributed by atoms with Crippen LogP contribution in [0.25, 0.3) is 0 Å². The van der Waals surface area contributed by atoms with E-state index in [2.05, 4.69) is 5.32 Å². The van der Waals surface area contributed by atoms with Crippen molar-refractivity contribution in [3.63, 3.8) is 0 Å². The van der Waals surface area contributed by atoms with Crippen LogP contribution in [0.4, 0.5) is 0 Å². The van der Waals surface area contributed by atoms with E-state index in [0.717, 1.165) is 12.8 Å². The van der Waals surface area contributed by atoms with E-state index in [1.807, 2.05) is 24.3 Å². The van der Waals surface area contributed by atoms with Crippen LogP contribution in [0.1, 0.15) is 24.8 Å². The number of halogens is 1. The van der Waals surface area contributed by atoms with Gasteiger partial charge in [-0.3, -0.25) is 4.79 Å². The second-order valence-corrected chi connectivity index (χ2v) is 9.75. The predicted molar refractivity (Wildman–Crippen MR) is 117 cm³/mol. The average Bonchev–Trinajstić information content (AvgIpc) is 2.78. The molecule has 1 heterocycles. The molecule has 1 amide bonds. The van der Waals surface area contributed by atoms with Crippen molar-refractivity contribution >= 4 is 27.5 Å². The normalized spacial score (nSPS) is 15.7. The maximum absolute atomic E-state index is 12.8. The summed E-state index contributed by atoms with van der Waals surface area (Å²) in [4.78, 5) is 12.7. The zero-order chi connectivity index (χ0) is 21.6. The van der Waals surface area contributed by atoms with Crippen LogP contribution in [-0.2, 0) is 21.2 Å². The van der Waals surface area contributed by atoms with Crippen molar-refractivity contribution in [2.75, 3.05) is 26.7 Å². The minimum Gasteiger partial charge on any atom is -0.497 e. The average molecular weight is 451 g/mol. The maximum Gasteiger partial charge on any atom is 0.243 e. The van der Waals surface area contributed by atoms with Crippen molar-refractivity contribution in [1.82, 2.24) is 9.62 Å². The van der Waals surface area contributed by atoms with Crippen LogP contribution in [0.5, 0.6) is 5.75 Å². The van der Waals surface area contributed by atoms with Gasteiger partial charge in [-0.15, -0.1) is 0 Å². The maximum atomic E-state index is 12.8. The Kier molecular flexibility index (Phi) is 7.75. The van der Waals surface area contributed by atoms with Gasteiger partial charge in [-0.25, -0.2) is 8.42 Å². The van der Waals surface area contributed by atoms with Crippen molar-refractivity contribution in [3.05, 3.63) is 59.1 Å². The van der Waals surface area contributed by atoms with E-state index >= 15 is 0 Å². The number of sulfonamides is 1. The minimum atomic E-state index is -3.55. The molecule has 162 valence electrons. The molecule has 8 heteroatoms. The highest BCUT2D eigenvalue weighted by Crippen LogP contribution is 2.25. The van der Waals surface area contributed by atoms with Crippen LogP contribution in [0.2, 0.25) is 5.02 Å². The fraction of sp³-hybridized carbons (Fsp3) is 0.409.